The fourth-order valence-corrected chi connectivity index (χ4v) is 4.74. The van der Waals surface area contributed by atoms with E-state index in [1.807, 2.05) is 12.1 Å². The van der Waals surface area contributed by atoms with E-state index in [0.29, 0.717) is 31.0 Å². The molecule has 0 spiro atoms. The van der Waals surface area contributed by atoms with Crippen LogP contribution in [0.25, 0.3) is 22.3 Å². The number of aromatic amines is 1. The topological polar surface area (TPSA) is 107 Å². The van der Waals surface area contributed by atoms with Crippen molar-refractivity contribution in [2.24, 2.45) is 0 Å². The van der Waals surface area contributed by atoms with Gasteiger partial charge in [0.05, 0.1) is 24.1 Å². The van der Waals surface area contributed by atoms with Gasteiger partial charge in [-0.2, -0.15) is 10.2 Å². The Balaban J connectivity index is 1.31. The SMILES string of the molecule is c1ccn(C2CCC(Oc3nc(N4CCOCC4)cc4ncc(-c5nn[nH]n5)cc34)CC2)c1. The molecule has 5 heterocycles. The summed E-state index contributed by atoms with van der Waals surface area (Å²) in [5.74, 6) is 2.00. The quantitative estimate of drug-likeness (QED) is 0.499. The summed E-state index contributed by atoms with van der Waals surface area (Å²) in [4.78, 5) is 11.9. The summed E-state index contributed by atoms with van der Waals surface area (Å²) in [7, 11) is 0. The molecule has 1 aliphatic carbocycles. The summed E-state index contributed by atoms with van der Waals surface area (Å²) in [6.07, 6.45) is 10.4. The van der Waals surface area contributed by atoms with Crippen LogP contribution in [0.4, 0.5) is 5.82 Å². The van der Waals surface area contributed by atoms with Crippen molar-refractivity contribution in [1.82, 2.24) is 35.2 Å². The second kappa shape index (κ2) is 8.78. The number of aromatic nitrogens is 7. The molecule has 33 heavy (non-hydrogen) atoms. The van der Waals surface area contributed by atoms with Crippen molar-refractivity contribution in [3.8, 4) is 17.3 Å². The van der Waals surface area contributed by atoms with Crippen LogP contribution >= 0.6 is 0 Å². The number of nitrogens with one attached hydrogen (secondary N) is 1. The monoisotopic (exact) mass is 446 g/mol. The molecule has 0 bridgehead atoms. The molecule has 0 radical (unpaired) electrons. The average Bonchev–Trinajstić information content (AvgIpc) is 3.60. The molecule has 0 aromatic carbocycles. The minimum Gasteiger partial charge on any atom is -0.474 e. The highest BCUT2D eigenvalue weighted by Crippen LogP contribution is 2.35. The highest BCUT2D eigenvalue weighted by molar-refractivity contribution is 5.88. The van der Waals surface area contributed by atoms with Crippen molar-refractivity contribution in [2.75, 3.05) is 31.2 Å². The second-order valence-corrected chi connectivity index (χ2v) is 8.59. The molecule has 170 valence electrons. The predicted molar refractivity (Wildman–Crippen MR) is 122 cm³/mol. The van der Waals surface area contributed by atoms with E-state index < -0.39 is 0 Å². The lowest BCUT2D eigenvalue weighted by Crippen LogP contribution is -2.36. The number of pyridine rings is 2. The zero-order chi connectivity index (χ0) is 22.0. The van der Waals surface area contributed by atoms with E-state index in [1.54, 1.807) is 6.20 Å². The Bertz CT molecular complexity index is 1200. The highest BCUT2D eigenvalue weighted by atomic mass is 16.5. The minimum absolute atomic E-state index is 0.126. The largest absolute Gasteiger partial charge is 0.474 e. The van der Waals surface area contributed by atoms with Gasteiger partial charge in [0.1, 0.15) is 11.9 Å². The maximum atomic E-state index is 6.56. The molecule has 0 atom stereocenters. The van der Waals surface area contributed by atoms with Gasteiger partial charge in [-0.25, -0.2) is 0 Å². The standard InChI is InChI=1S/C23H26N8O2/c1-2-8-30(7-1)17-3-5-18(6-4-17)33-23-19-13-16(22-26-28-29-27-22)15-24-20(19)14-21(25-23)31-9-11-32-12-10-31/h1-2,7-8,13-15,17-18H,3-6,9-12H2,(H,26,27,28,29). The average molecular weight is 447 g/mol. The molecule has 10 nitrogen and oxygen atoms in total. The number of hydrogen-bond donors (Lipinski definition) is 1. The van der Waals surface area contributed by atoms with Crippen LogP contribution in [-0.4, -0.2) is 67.6 Å². The Kier molecular flexibility index (Phi) is 5.35. The van der Waals surface area contributed by atoms with Crippen LogP contribution < -0.4 is 9.64 Å². The molecule has 1 saturated carbocycles. The lowest BCUT2D eigenvalue weighted by molar-refractivity contribution is 0.121. The Morgan fingerprint density at radius 1 is 1.03 bits per heavy atom. The van der Waals surface area contributed by atoms with Crippen molar-refractivity contribution in [3.05, 3.63) is 42.9 Å². The third-order valence-corrected chi connectivity index (χ3v) is 6.54. The Hall–Kier alpha value is -3.53. The molecule has 4 aromatic heterocycles. The van der Waals surface area contributed by atoms with Crippen molar-refractivity contribution in [2.45, 2.75) is 37.8 Å². The Morgan fingerprint density at radius 2 is 1.85 bits per heavy atom. The van der Waals surface area contributed by atoms with E-state index in [9.17, 15) is 0 Å². The first-order chi connectivity index (χ1) is 16.3. The fraction of sp³-hybridized carbons (Fsp3) is 0.435. The van der Waals surface area contributed by atoms with Crippen LogP contribution in [0.2, 0.25) is 0 Å². The van der Waals surface area contributed by atoms with Gasteiger partial charge < -0.3 is 18.9 Å². The maximum absolute atomic E-state index is 6.56. The van der Waals surface area contributed by atoms with Gasteiger partial charge in [-0.05, 0) is 49.1 Å². The molecular formula is C23H26N8O2. The first-order valence-electron chi connectivity index (χ1n) is 11.5. The normalized spacial score (nSPS) is 21.4. The number of anilines is 1. The number of rotatable bonds is 5. The number of H-pyrrole nitrogens is 1. The molecule has 2 fully saturated rings. The van der Waals surface area contributed by atoms with Crippen molar-refractivity contribution >= 4 is 16.7 Å². The number of morpholine rings is 1. The van der Waals surface area contributed by atoms with Gasteiger partial charge in [-0.15, -0.1) is 10.2 Å². The highest BCUT2D eigenvalue weighted by Gasteiger charge is 2.25. The zero-order valence-electron chi connectivity index (χ0n) is 18.3. The molecule has 2 aliphatic rings. The van der Waals surface area contributed by atoms with Crippen LogP contribution in [0.3, 0.4) is 0 Å². The molecule has 10 heteroatoms. The summed E-state index contributed by atoms with van der Waals surface area (Å²) >= 11 is 0. The van der Waals surface area contributed by atoms with Gasteiger partial charge >= 0.3 is 0 Å². The summed E-state index contributed by atoms with van der Waals surface area (Å²) < 4.78 is 14.4. The Labute approximate surface area is 190 Å². The number of fused-ring (bicyclic) bond motifs is 1. The van der Waals surface area contributed by atoms with Crippen molar-refractivity contribution in [3.63, 3.8) is 0 Å². The van der Waals surface area contributed by atoms with E-state index in [2.05, 4.69) is 59.6 Å². The molecule has 1 saturated heterocycles. The third kappa shape index (κ3) is 4.13. The zero-order valence-corrected chi connectivity index (χ0v) is 18.3. The molecule has 0 unspecified atom stereocenters. The van der Waals surface area contributed by atoms with E-state index in [1.165, 1.54) is 0 Å². The number of ether oxygens (including phenoxy) is 2. The first kappa shape index (κ1) is 20.1. The van der Waals surface area contributed by atoms with Gasteiger partial charge in [0, 0.05) is 49.4 Å². The van der Waals surface area contributed by atoms with Gasteiger partial charge in [0.15, 0.2) is 0 Å². The predicted octanol–water partition coefficient (Wildman–Crippen LogP) is 3.01. The minimum atomic E-state index is 0.126. The third-order valence-electron chi connectivity index (χ3n) is 6.54. The summed E-state index contributed by atoms with van der Waals surface area (Å²) in [5.41, 5.74) is 1.62. The number of nitrogens with zero attached hydrogens (tertiary/aromatic N) is 7. The first-order valence-corrected chi connectivity index (χ1v) is 11.5. The van der Waals surface area contributed by atoms with Crippen LogP contribution in [0.5, 0.6) is 5.88 Å². The summed E-state index contributed by atoms with van der Waals surface area (Å²) in [6.45, 7) is 3.01. The van der Waals surface area contributed by atoms with E-state index in [-0.39, 0.29) is 6.10 Å². The fourth-order valence-electron chi connectivity index (χ4n) is 4.74. The molecule has 0 amide bonds. The van der Waals surface area contributed by atoms with Crippen LogP contribution in [-0.2, 0) is 4.74 Å². The molecule has 1 aliphatic heterocycles. The second-order valence-electron chi connectivity index (χ2n) is 8.59. The number of hydrogen-bond acceptors (Lipinski definition) is 8. The molecular weight excluding hydrogens is 420 g/mol. The van der Waals surface area contributed by atoms with Crippen molar-refractivity contribution < 1.29 is 9.47 Å². The summed E-state index contributed by atoms with van der Waals surface area (Å²) in [6, 6.07) is 8.73. The van der Waals surface area contributed by atoms with Gasteiger partial charge in [0.2, 0.25) is 11.7 Å². The lowest BCUT2D eigenvalue weighted by atomic mass is 9.93. The lowest BCUT2D eigenvalue weighted by Gasteiger charge is -2.31. The van der Waals surface area contributed by atoms with E-state index >= 15 is 0 Å². The van der Waals surface area contributed by atoms with Crippen molar-refractivity contribution in [1.29, 1.82) is 0 Å². The Morgan fingerprint density at radius 3 is 2.61 bits per heavy atom. The van der Waals surface area contributed by atoms with Gasteiger partial charge in [-0.1, -0.05) is 0 Å². The number of tetrazole rings is 1. The van der Waals surface area contributed by atoms with Crippen LogP contribution in [0, 0.1) is 0 Å². The van der Waals surface area contributed by atoms with Gasteiger partial charge in [0.25, 0.3) is 0 Å². The van der Waals surface area contributed by atoms with E-state index in [4.69, 9.17) is 14.5 Å². The molecule has 4 aromatic rings. The maximum Gasteiger partial charge on any atom is 0.225 e. The van der Waals surface area contributed by atoms with Gasteiger partial charge in [-0.3, -0.25) is 4.98 Å². The van der Waals surface area contributed by atoms with Crippen LogP contribution in [0.15, 0.2) is 42.9 Å². The molecule has 1 N–H and O–H groups in total. The summed E-state index contributed by atoms with van der Waals surface area (Å²) in [5, 5.41) is 15.2. The van der Waals surface area contributed by atoms with E-state index in [0.717, 1.165) is 61.1 Å². The molecule has 6 rings (SSSR count). The smallest absolute Gasteiger partial charge is 0.225 e. The van der Waals surface area contributed by atoms with Crippen LogP contribution in [0.1, 0.15) is 31.7 Å².